The first-order chi connectivity index (χ1) is 9.13. The van der Waals surface area contributed by atoms with Crippen LogP contribution in [0, 0.1) is 5.92 Å². The smallest absolute Gasteiger partial charge is 0.161 e. The van der Waals surface area contributed by atoms with E-state index in [1.165, 1.54) is 38.5 Å². The number of hydrogen-bond acceptors (Lipinski definition) is 2. The van der Waals surface area contributed by atoms with E-state index in [1.807, 2.05) is 0 Å². The maximum atomic E-state index is 12.1. The molecule has 3 atom stereocenters. The summed E-state index contributed by atoms with van der Waals surface area (Å²) >= 11 is 0. The van der Waals surface area contributed by atoms with Crippen LogP contribution in [0.4, 0.5) is 0 Å². The minimum atomic E-state index is -0.112. The van der Waals surface area contributed by atoms with E-state index >= 15 is 0 Å². The summed E-state index contributed by atoms with van der Waals surface area (Å²) in [5.41, 5.74) is 0. The molecule has 0 bridgehead atoms. The molecule has 19 heavy (non-hydrogen) atoms. The Morgan fingerprint density at radius 1 is 1.00 bits per heavy atom. The summed E-state index contributed by atoms with van der Waals surface area (Å²) in [6.45, 7) is 6.56. The number of ether oxygens (including phenoxy) is 1. The zero-order valence-corrected chi connectivity index (χ0v) is 13.1. The summed E-state index contributed by atoms with van der Waals surface area (Å²) in [4.78, 5) is 12.1. The summed E-state index contributed by atoms with van der Waals surface area (Å²) in [7, 11) is 0. The van der Waals surface area contributed by atoms with E-state index in [9.17, 15) is 4.79 Å². The molecule has 0 N–H and O–H groups in total. The number of ketones is 1. The Labute approximate surface area is 119 Å². The topological polar surface area (TPSA) is 26.3 Å². The van der Waals surface area contributed by atoms with Crippen LogP contribution in [0.15, 0.2) is 0 Å². The van der Waals surface area contributed by atoms with Crippen LogP contribution in [0.1, 0.15) is 85.0 Å². The second kappa shape index (κ2) is 9.52. The highest BCUT2D eigenvalue weighted by atomic mass is 16.5. The molecule has 0 spiro atoms. The first kappa shape index (κ1) is 16.7. The van der Waals surface area contributed by atoms with Gasteiger partial charge in [-0.2, -0.15) is 0 Å². The number of carbonyl (C=O) groups is 1. The fourth-order valence-electron chi connectivity index (χ4n) is 3.04. The lowest BCUT2D eigenvalue weighted by Gasteiger charge is -2.31. The average Bonchev–Trinajstić information content (AvgIpc) is 2.36. The van der Waals surface area contributed by atoms with Crippen molar-refractivity contribution in [1.29, 1.82) is 0 Å². The maximum Gasteiger partial charge on any atom is 0.161 e. The molecule has 1 aliphatic heterocycles. The van der Waals surface area contributed by atoms with Crippen LogP contribution >= 0.6 is 0 Å². The van der Waals surface area contributed by atoms with E-state index in [0.717, 1.165) is 25.7 Å². The summed E-state index contributed by atoms with van der Waals surface area (Å²) in [6, 6.07) is 0. The van der Waals surface area contributed by atoms with Gasteiger partial charge in [0.1, 0.15) is 6.10 Å². The van der Waals surface area contributed by atoms with Crippen LogP contribution in [0.5, 0.6) is 0 Å². The van der Waals surface area contributed by atoms with Crippen molar-refractivity contribution in [3.05, 3.63) is 0 Å². The lowest BCUT2D eigenvalue weighted by molar-refractivity contribution is -0.141. The molecule has 3 unspecified atom stereocenters. The maximum absolute atomic E-state index is 12.1. The largest absolute Gasteiger partial charge is 0.367 e. The Hall–Kier alpha value is -0.370. The van der Waals surface area contributed by atoms with E-state index in [2.05, 4.69) is 20.8 Å². The van der Waals surface area contributed by atoms with Gasteiger partial charge in [0.25, 0.3) is 0 Å². The first-order valence-corrected chi connectivity index (χ1v) is 8.31. The molecule has 0 aromatic heterocycles. The zero-order valence-electron chi connectivity index (χ0n) is 13.1. The molecule has 2 nitrogen and oxygen atoms in total. The molecule has 1 aliphatic rings. The van der Waals surface area contributed by atoms with Gasteiger partial charge in [0.15, 0.2) is 5.78 Å². The number of rotatable bonds is 9. The van der Waals surface area contributed by atoms with Gasteiger partial charge in [-0.25, -0.2) is 0 Å². The molecule has 1 rings (SSSR count). The predicted octanol–water partition coefficient (Wildman–Crippen LogP) is 4.90. The fourth-order valence-corrected chi connectivity index (χ4v) is 3.04. The van der Waals surface area contributed by atoms with Crippen LogP contribution < -0.4 is 0 Å². The van der Waals surface area contributed by atoms with E-state index in [4.69, 9.17) is 4.74 Å². The predicted molar refractivity (Wildman–Crippen MR) is 80.4 cm³/mol. The van der Waals surface area contributed by atoms with Crippen LogP contribution in [-0.4, -0.2) is 18.0 Å². The quantitative estimate of drug-likeness (QED) is 0.556. The zero-order chi connectivity index (χ0) is 14.1. The molecule has 0 aromatic rings. The van der Waals surface area contributed by atoms with Gasteiger partial charge in [-0.3, -0.25) is 4.79 Å². The lowest BCUT2D eigenvalue weighted by Crippen LogP contribution is -2.35. The molecular formula is C17H32O2. The van der Waals surface area contributed by atoms with Crippen LogP contribution in [-0.2, 0) is 9.53 Å². The summed E-state index contributed by atoms with van der Waals surface area (Å²) in [5.74, 6) is 0.971. The van der Waals surface area contributed by atoms with E-state index in [1.54, 1.807) is 0 Å². The Morgan fingerprint density at radius 2 is 1.63 bits per heavy atom. The molecule has 112 valence electrons. The normalized spacial score (nSPS) is 27.4. The highest BCUT2D eigenvalue weighted by molar-refractivity contribution is 5.83. The first-order valence-electron chi connectivity index (χ1n) is 8.31. The molecule has 0 saturated carbocycles. The molecule has 0 amide bonds. The van der Waals surface area contributed by atoms with E-state index in [0.29, 0.717) is 11.7 Å². The van der Waals surface area contributed by atoms with Crippen LogP contribution in [0.3, 0.4) is 0 Å². The van der Waals surface area contributed by atoms with E-state index < -0.39 is 0 Å². The van der Waals surface area contributed by atoms with E-state index in [-0.39, 0.29) is 12.2 Å². The van der Waals surface area contributed by atoms with Crippen molar-refractivity contribution in [2.45, 2.75) is 97.2 Å². The molecule has 0 radical (unpaired) electrons. The third-order valence-electron chi connectivity index (χ3n) is 4.13. The van der Waals surface area contributed by atoms with Gasteiger partial charge in [0.05, 0.1) is 6.10 Å². The summed E-state index contributed by atoms with van der Waals surface area (Å²) in [6.07, 6.45) is 11.8. The second-order valence-corrected chi connectivity index (χ2v) is 6.35. The van der Waals surface area contributed by atoms with Crippen molar-refractivity contribution in [1.82, 2.24) is 0 Å². The third-order valence-corrected chi connectivity index (χ3v) is 4.13. The minimum absolute atomic E-state index is 0.112. The number of unbranched alkanes of at least 4 members (excludes halogenated alkanes) is 6. The SMILES string of the molecule is CCCCCCCCCC(=O)C1CC(C)CC(C)O1. The van der Waals surface area contributed by atoms with Gasteiger partial charge in [-0.15, -0.1) is 0 Å². The molecule has 1 heterocycles. The Kier molecular flexibility index (Phi) is 8.36. The van der Waals surface area contributed by atoms with Gasteiger partial charge in [0, 0.05) is 6.42 Å². The fraction of sp³-hybridized carbons (Fsp3) is 0.941. The molecular weight excluding hydrogens is 236 g/mol. The molecule has 0 aliphatic carbocycles. The van der Waals surface area contributed by atoms with Crippen molar-refractivity contribution in [2.75, 3.05) is 0 Å². The van der Waals surface area contributed by atoms with Crippen LogP contribution in [0.2, 0.25) is 0 Å². The molecule has 0 aromatic carbocycles. The Bertz CT molecular complexity index is 240. The number of carbonyl (C=O) groups excluding carboxylic acids is 1. The standard InChI is InChI=1S/C17H32O2/c1-4-5-6-7-8-9-10-11-16(18)17-13-14(2)12-15(3)19-17/h14-15,17H,4-13H2,1-3H3. The monoisotopic (exact) mass is 268 g/mol. The van der Waals surface area contributed by atoms with Crippen molar-refractivity contribution < 1.29 is 9.53 Å². The van der Waals surface area contributed by atoms with Gasteiger partial charge in [-0.05, 0) is 32.1 Å². The van der Waals surface area contributed by atoms with Crippen molar-refractivity contribution in [3.8, 4) is 0 Å². The molecule has 1 fully saturated rings. The number of Topliss-reactive ketones (excluding diaryl/α,β-unsaturated/α-hetero) is 1. The van der Waals surface area contributed by atoms with Crippen LogP contribution in [0.25, 0.3) is 0 Å². The Morgan fingerprint density at radius 3 is 2.26 bits per heavy atom. The number of hydrogen-bond donors (Lipinski definition) is 0. The van der Waals surface area contributed by atoms with Crippen molar-refractivity contribution >= 4 is 5.78 Å². The second-order valence-electron chi connectivity index (χ2n) is 6.35. The van der Waals surface area contributed by atoms with Gasteiger partial charge < -0.3 is 4.74 Å². The van der Waals surface area contributed by atoms with Gasteiger partial charge in [-0.1, -0.05) is 52.4 Å². The molecule has 2 heteroatoms. The van der Waals surface area contributed by atoms with Gasteiger partial charge in [0.2, 0.25) is 0 Å². The van der Waals surface area contributed by atoms with Crippen molar-refractivity contribution in [2.24, 2.45) is 5.92 Å². The highest BCUT2D eigenvalue weighted by Gasteiger charge is 2.28. The Balaban J connectivity index is 2.07. The third kappa shape index (κ3) is 7.10. The molecule has 1 saturated heterocycles. The van der Waals surface area contributed by atoms with Crippen molar-refractivity contribution in [3.63, 3.8) is 0 Å². The minimum Gasteiger partial charge on any atom is -0.367 e. The lowest BCUT2D eigenvalue weighted by atomic mass is 9.91. The summed E-state index contributed by atoms with van der Waals surface area (Å²) < 4.78 is 5.78. The highest BCUT2D eigenvalue weighted by Crippen LogP contribution is 2.25. The average molecular weight is 268 g/mol. The summed E-state index contributed by atoms with van der Waals surface area (Å²) in [5, 5.41) is 0. The van der Waals surface area contributed by atoms with Gasteiger partial charge >= 0.3 is 0 Å².